The van der Waals surface area contributed by atoms with Gasteiger partial charge in [-0.25, -0.2) is 9.97 Å². The van der Waals surface area contributed by atoms with Crippen LogP contribution < -0.4 is 5.32 Å². The first-order valence-corrected chi connectivity index (χ1v) is 8.93. The van der Waals surface area contributed by atoms with Crippen LogP contribution in [0.5, 0.6) is 0 Å². The lowest BCUT2D eigenvalue weighted by molar-refractivity contribution is 0.867. The molecular formula is C21H18N6. The lowest BCUT2D eigenvalue weighted by Crippen LogP contribution is -1.97. The van der Waals surface area contributed by atoms with Gasteiger partial charge >= 0.3 is 0 Å². The van der Waals surface area contributed by atoms with Crippen LogP contribution in [-0.2, 0) is 0 Å². The Hall–Kier alpha value is -3.54. The van der Waals surface area contributed by atoms with E-state index in [0.717, 1.165) is 39.1 Å². The van der Waals surface area contributed by atoms with Gasteiger partial charge in [-0.05, 0) is 29.7 Å². The fourth-order valence-electron chi connectivity index (χ4n) is 3.34. The van der Waals surface area contributed by atoms with E-state index in [-0.39, 0.29) is 0 Å². The van der Waals surface area contributed by atoms with Crippen molar-refractivity contribution in [2.45, 2.75) is 19.8 Å². The molecule has 0 spiro atoms. The van der Waals surface area contributed by atoms with Gasteiger partial charge in [-0.3, -0.25) is 14.4 Å². The van der Waals surface area contributed by atoms with Crippen LogP contribution in [-0.4, -0.2) is 24.3 Å². The second-order valence-corrected chi connectivity index (χ2v) is 6.87. The molecule has 0 bridgehead atoms. The normalized spacial score (nSPS) is 11.7. The summed E-state index contributed by atoms with van der Waals surface area (Å²) in [6.45, 7) is 4.39. The SMILES string of the molecule is CC(C)c1cccc(Nc2c3ccncc3nc3c2nc2cnccn23)c1. The van der Waals surface area contributed by atoms with Gasteiger partial charge in [0.15, 0.2) is 11.3 Å². The van der Waals surface area contributed by atoms with Crippen LogP contribution in [0.2, 0.25) is 0 Å². The molecule has 1 aromatic carbocycles. The Bertz CT molecular complexity index is 1290. The number of hydrogen-bond acceptors (Lipinski definition) is 5. The molecule has 0 atom stereocenters. The summed E-state index contributed by atoms with van der Waals surface area (Å²) in [6.07, 6.45) is 8.92. The number of imidazole rings is 1. The summed E-state index contributed by atoms with van der Waals surface area (Å²) >= 11 is 0. The quantitative estimate of drug-likeness (QED) is 0.509. The third-order valence-corrected chi connectivity index (χ3v) is 4.76. The van der Waals surface area contributed by atoms with E-state index in [0.29, 0.717) is 5.92 Å². The molecule has 6 heteroatoms. The molecule has 0 saturated heterocycles. The number of aromatic nitrogens is 5. The van der Waals surface area contributed by atoms with E-state index in [1.807, 2.05) is 16.7 Å². The Morgan fingerprint density at radius 1 is 1.00 bits per heavy atom. The van der Waals surface area contributed by atoms with Crippen LogP contribution >= 0.6 is 0 Å². The molecule has 0 aliphatic rings. The standard InChI is InChI=1S/C21H18N6/c1-13(2)14-4-3-5-15(10-14)24-19-16-6-7-22-11-17(16)25-21-20(19)26-18-12-23-8-9-27(18)21/h3-13H,1-2H3,(H,24,25). The zero-order valence-electron chi connectivity index (χ0n) is 15.1. The molecule has 27 heavy (non-hydrogen) atoms. The van der Waals surface area contributed by atoms with E-state index >= 15 is 0 Å². The van der Waals surface area contributed by atoms with Crippen molar-refractivity contribution in [1.29, 1.82) is 0 Å². The van der Waals surface area contributed by atoms with Gasteiger partial charge in [0.1, 0.15) is 5.52 Å². The molecule has 6 nitrogen and oxygen atoms in total. The highest BCUT2D eigenvalue weighted by Crippen LogP contribution is 2.33. The zero-order chi connectivity index (χ0) is 18.4. The van der Waals surface area contributed by atoms with Crippen molar-refractivity contribution in [3.8, 4) is 0 Å². The lowest BCUT2D eigenvalue weighted by Gasteiger charge is -2.13. The molecule has 4 heterocycles. The second-order valence-electron chi connectivity index (χ2n) is 6.87. The van der Waals surface area contributed by atoms with Gasteiger partial charge in [0, 0.05) is 29.7 Å². The summed E-state index contributed by atoms with van der Waals surface area (Å²) in [5, 5.41) is 4.57. The van der Waals surface area contributed by atoms with Gasteiger partial charge < -0.3 is 5.32 Å². The van der Waals surface area contributed by atoms with Crippen LogP contribution in [0.15, 0.2) is 61.3 Å². The van der Waals surface area contributed by atoms with Crippen LogP contribution in [0.4, 0.5) is 11.4 Å². The minimum absolute atomic E-state index is 0.464. The molecule has 5 aromatic rings. The highest BCUT2D eigenvalue weighted by atomic mass is 15.1. The van der Waals surface area contributed by atoms with E-state index in [1.165, 1.54) is 5.56 Å². The maximum atomic E-state index is 4.78. The largest absolute Gasteiger partial charge is 0.353 e. The summed E-state index contributed by atoms with van der Waals surface area (Å²) in [5.74, 6) is 0.464. The van der Waals surface area contributed by atoms with Crippen molar-refractivity contribution in [3.05, 3.63) is 66.9 Å². The summed E-state index contributed by atoms with van der Waals surface area (Å²) < 4.78 is 1.95. The van der Waals surface area contributed by atoms with Gasteiger partial charge in [-0.2, -0.15) is 0 Å². The fraction of sp³-hybridized carbons (Fsp3) is 0.143. The fourth-order valence-corrected chi connectivity index (χ4v) is 3.34. The highest BCUT2D eigenvalue weighted by molar-refractivity contribution is 6.07. The average molecular weight is 354 g/mol. The predicted molar refractivity (Wildman–Crippen MR) is 107 cm³/mol. The number of nitrogens with one attached hydrogen (secondary N) is 1. The summed E-state index contributed by atoms with van der Waals surface area (Å²) in [4.78, 5) is 18.0. The van der Waals surface area contributed by atoms with Crippen molar-refractivity contribution in [2.24, 2.45) is 0 Å². The number of anilines is 2. The van der Waals surface area contributed by atoms with Crippen LogP contribution in [0.1, 0.15) is 25.3 Å². The van der Waals surface area contributed by atoms with Gasteiger partial charge in [0.25, 0.3) is 0 Å². The van der Waals surface area contributed by atoms with Gasteiger partial charge in [-0.15, -0.1) is 0 Å². The van der Waals surface area contributed by atoms with Crippen LogP contribution in [0.3, 0.4) is 0 Å². The van der Waals surface area contributed by atoms with Crippen molar-refractivity contribution in [2.75, 3.05) is 5.32 Å². The van der Waals surface area contributed by atoms with Crippen molar-refractivity contribution in [3.63, 3.8) is 0 Å². The van der Waals surface area contributed by atoms with Crippen LogP contribution in [0, 0.1) is 0 Å². The Morgan fingerprint density at radius 2 is 1.89 bits per heavy atom. The predicted octanol–water partition coefficient (Wildman–Crippen LogP) is 4.69. The number of hydrogen-bond donors (Lipinski definition) is 1. The van der Waals surface area contributed by atoms with E-state index in [2.05, 4.69) is 53.4 Å². The van der Waals surface area contributed by atoms with E-state index in [9.17, 15) is 0 Å². The Morgan fingerprint density at radius 3 is 2.78 bits per heavy atom. The third kappa shape index (κ3) is 2.57. The molecular weight excluding hydrogens is 336 g/mol. The first-order chi connectivity index (χ1) is 13.2. The summed E-state index contributed by atoms with van der Waals surface area (Å²) in [6, 6.07) is 10.5. The first kappa shape index (κ1) is 15.7. The van der Waals surface area contributed by atoms with Gasteiger partial charge in [0.05, 0.1) is 23.6 Å². The Kier molecular flexibility index (Phi) is 3.50. The number of fused-ring (bicyclic) bond motifs is 4. The molecule has 0 radical (unpaired) electrons. The average Bonchev–Trinajstić information content (AvgIpc) is 3.07. The molecule has 0 saturated carbocycles. The lowest BCUT2D eigenvalue weighted by atomic mass is 10.0. The molecule has 5 rings (SSSR count). The maximum Gasteiger partial charge on any atom is 0.167 e. The smallest absolute Gasteiger partial charge is 0.167 e. The monoisotopic (exact) mass is 354 g/mol. The zero-order valence-corrected chi connectivity index (χ0v) is 15.1. The van der Waals surface area contributed by atoms with Gasteiger partial charge in [0.2, 0.25) is 0 Å². The minimum Gasteiger partial charge on any atom is -0.353 e. The summed E-state index contributed by atoms with van der Waals surface area (Å²) in [7, 11) is 0. The van der Waals surface area contributed by atoms with E-state index < -0.39 is 0 Å². The number of pyridine rings is 2. The molecule has 0 aliphatic heterocycles. The molecule has 0 amide bonds. The first-order valence-electron chi connectivity index (χ1n) is 8.93. The summed E-state index contributed by atoms with van der Waals surface area (Å²) in [5.41, 5.74) is 6.44. The Labute approximate surface area is 155 Å². The van der Waals surface area contributed by atoms with Crippen LogP contribution in [0.25, 0.3) is 27.7 Å². The second kappa shape index (κ2) is 6.02. The molecule has 1 N–H and O–H groups in total. The third-order valence-electron chi connectivity index (χ3n) is 4.76. The van der Waals surface area contributed by atoms with Crippen molar-refractivity contribution < 1.29 is 0 Å². The number of rotatable bonds is 3. The molecule has 0 fully saturated rings. The maximum absolute atomic E-state index is 4.78. The van der Waals surface area contributed by atoms with Crippen molar-refractivity contribution >= 4 is 39.1 Å². The highest BCUT2D eigenvalue weighted by Gasteiger charge is 2.15. The Balaban J connectivity index is 1.79. The van der Waals surface area contributed by atoms with E-state index in [1.54, 1.807) is 24.8 Å². The van der Waals surface area contributed by atoms with E-state index in [4.69, 9.17) is 9.97 Å². The molecule has 0 aliphatic carbocycles. The molecule has 0 unspecified atom stereocenters. The minimum atomic E-state index is 0.464. The van der Waals surface area contributed by atoms with Crippen molar-refractivity contribution in [1.82, 2.24) is 24.3 Å². The number of benzene rings is 1. The van der Waals surface area contributed by atoms with Gasteiger partial charge in [-0.1, -0.05) is 26.0 Å². The topological polar surface area (TPSA) is 68.0 Å². The molecule has 132 valence electrons. The number of nitrogens with zero attached hydrogens (tertiary/aromatic N) is 5. The molecule has 4 aromatic heterocycles.